The smallest absolute Gasteiger partial charge is 0.242 e. The first-order chi connectivity index (χ1) is 10.0. The van der Waals surface area contributed by atoms with Crippen LogP contribution in [-0.2, 0) is 17.8 Å². The molecule has 0 aliphatic heterocycles. The highest BCUT2D eigenvalue weighted by atomic mass is 16.2. The maximum absolute atomic E-state index is 12.2. The zero-order valence-corrected chi connectivity index (χ0v) is 12.3. The van der Waals surface area contributed by atoms with E-state index in [2.05, 4.69) is 16.5 Å². The molecule has 2 aromatic rings. The summed E-state index contributed by atoms with van der Waals surface area (Å²) in [6.45, 7) is 4.11. The molecule has 2 atom stereocenters. The lowest BCUT2D eigenvalue weighted by Crippen LogP contribution is -2.42. The van der Waals surface area contributed by atoms with Gasteiger partial charge in [-0.1, -0.05) is 24.3 Å². The number of amides is 1. The number of nitrogens with two attached hydrogens (primary N) is 1. The third-order valence-electron chi connectivity index (χ3n) is 4.03. The van der Waals surface area contributed by atoms with Crippen LogP contribution in [-0.4, -0.2) is 21.7 Å². The van der Waals surface area contributed by atoms with Crippen LogP contribution in [0.2, 0.25) is 0 Å². The summed E-state index contributed by atoms with van der Waals surface area (Å²) < 4.78 is 1.72. The molecule has 0 saturated carbocycles. The molecule has 0 fully saturated rings. The normalized spacial score (nSPS) is 20.3. The number of aryl methyl sites for hydroxylation is 2. The average molecular weight is 284 g/mol. The van der Waals surface area contributed by atoms with E-state index in [-0.39, 0.29) is 24.5 Å². The van der Waals surface area contributed by atoms with Crippen LogP contribution in [0.15, 0.2) is 30.3 Å². The van der Waals surface area contributed by atoms with Gasteiger partial charge in [0.05, 0.1) is 17.8 Å². The van der Waals surface area contributed by atoms with Crippen LogP contribution in [0.3, 0.4) is 0 Å². The van der Waals surface area contributed by atoms with Gasteiger partial charge in [-0.25, -0.2) is 0 Å². The quantitative estimate of drug-likeness (QED) is 0.890. The van der Waals surface area contributed by atoms with Gasteiger partial charge in [0.25, 0.3) is 0 Å². The molecule has 21 heavy (non-hydrogen) atoms. The first kappa shape index (κ1) is 13.8. The Morgan fingerprint density at radius 3 is 2.86 bits per heavy atom. The fourth-order valence-corrected chi connectivity index (χ4v) is 2.99. The highest BCUT2D eigenvalue weighted by Crippen LogP contribution is 2.29. The predicted molar refractivity (Wildman–Crippen MR) is 80.7 cm³/mol. The standard InChI is InChI=1S/C16H20N4O/c1-10-7-11(2)20(19-10)9-15(21)18-14-8-12-5-3-4-6-13(12)16(14)17/h3-7,14,16H,8-9,17H2,1-2H3,(H,18,21)/t14-,16-/m1/s1. The summed E-state index contributed by atoms with van der Waals surface area (Å²) >= 11 is 0. The monoisotopic (exact) mass is 284 g/mol. The minimum Gasteiger partial charge on any atom is -0.350 e. The number of hydrogen-bond donors (Lipinski definition) is 2. The number of aromatic nitrogens is 2. The summed E-state index contributed by atoms with van der Waals surface area (Å²) in [4.78, 5) is 12.2. The number of nitrogens with zero attached hydrogens (tertiary/aromatic N) is 2. The number of fused-ring (bicyclic) bond motifs is 1. The molecule has 110 valence electrons. The largest absolute Gasteiger partial charge is 0.350 e. The van der Waals surface area contributed by atoms with E-state index < -0.39 is 0 Å². The maximum Gasteiger partial charge on any atom is 0.242 e. The number of carbonyl (C=O) groups excluding carboxylic acids is 1. The van der Waals surface area contributed by atoms with Crippen molar-refractivity contribution in [2.75, 3.05) is 0 Å². The molecule has 1 aromatic heterocycles. The SMILES string of the molecule is Cc1cc(C)n(CC(=O)N[C@@H]2Cc3ccccc3[C@H]2N)n1. The molecule has 5 heteroatoms. The Bertz CT molecular complexity index is 677. The van der Waals surface area contributed by atoms with Gasteiger partial charge in [0.2, 0.25) is 5.91 Å². The maximum atomic E-state index is 12.2. The fraction of sp³-hybridized carbons (Fsp3) is 0.375. The summed E-state index contributed by atoms with van der Waals surface area (Å²) in [6.07, 6.45) is 0.792. The van der Waals surface area contributed by atoms with E-state index in [4.69, 9.17) is 5.73 Å². The van der Waals surface area contributed by atoms with Gasteiger partial charge in [-0.05, 0) is 37.5 Å². The molecule has 1 aliphatic rings. The van der Waals surface area contributed by atoms with Gasteiger partial charge in [-0.2, -0.15) is 5.10 Å². The molecule has 0 saturated heterocycles. The van der Waals surface area contributed by atoms with Crippen molar-refractivity contribution in [2.24, 2.45) is 5.73 Å². The Labute approximate surface area is 124 Å². The van der Waals surface area contributed by atoms with Crippen LogP contribution < -0.4 is 11.1 Å². The van der Waals surface area contributed by atoms with E-state index >= 15 is 0 Å². The first-order valence-corrected chi connectivity index (χ1v) is 7.18. The number of hydrogen-bond acceptors (Lipinski definition) is 3. The van der Waals surface area contributed by atoms with Crippen molar-refractivity contribution in [1.82, 2.24) is 15.1 Å². The Kier molecular flexibility index (Phi) is 3.51. The van der Waals surface area contributed by atoms with E-state index in [1.807, 2.05) is 38.1 Å². The van der Waals surface area contributed by atoms with Gasteiger partial charge < -0.3 is 11.1 Å². The topological polar surface area (TPSA) is 72.9 Å². The van der Waals surface area contributed by atoms with E-state index in [0.717, 1.165) is 23.4 Å². The molecule has 0 spiro atoms. The minimum absolute atomic E-state index is 0.0353. The number of nitrogens with one attached hydrogen (secondary N) is 1. The number of rotatable bonds is 3. The highest BCUT2D eigenvalue weighted by molar-refractivity contribution is 5.76. The minimum atomic E-state index is -0.134. The van der Waals surface area contributed by atoms with E-state index in [1.54, 1.807) is 4.68 Å². The molecule has 1 aliphatic carbocycles. The zero-order valence-electron chi connectivity index (χ0n) is 12.3. The molecule has 1 aromatic carbocycles. The van der Waals surface area contributed by atoms with Crippen LogP contribution in [0, 0.1) is 13.8 Å². The summed E-state index contributed by atoms with van der Waals surface area (Å²) in [7, 11) is 0. The lowest BCUT2D eigenvalue weighted by Gasteiger charge is -2.18. The van der Waals surface area contributed by atoms with E-state index in [1.165, 1.54) is 5.56 Å². The van der Waals surface area contributed by atoms with Gasteiger partial charge in [-0.3, -0.25) is 9.48 Å². The molecular formula is C16H20N4O. The molecule has 1 heterocycles. The van der Waals surface area contributed by atoms with Crippen molar-refractivity contribution >= 4 is 5.91 Å². The second-order valence-corrected chi connectivity index (χ2v) is 5.69. The molecule has 3 rings (SSSR count). The van der Waals surface area contributed by atoms with E-state index in [9.17, 15) is 4.79 Å². The number of benzene rings is 1. The van der Waals surface area contributed by atoms with E-state index in [0.29, 0.717) is 0 Å². The first-order valence-electron chi connectivity index (χ1n) is 7.18. The molecule has 0 unspecified atom stereocenters. The molecule has 0 bridgehead atoms. The van der Waals surface area contributed by atoms with Crippen LogP contribution in [0.4, 0.5) is 0 Å². The Morgan fingerprint density at radius 1 is 1.43 bits per heavy atom. The van der Waals surface area contributed by atoms with Crippen molar-refractivity contribution < 1.29 is 4.79 Å². The summed E-state index contributed by atoms with van der Waals surface area (Å²) in [5, 5.41) is 7.34. The zero-order chi connectivity index (χ0) is 15.0. The van der Waals surface area contributed by atoms with Crippen molar-refractivity contribution in [1.29, 1.82) is 0 Å². The van der Waals surface area contributed by atoms with Gasteiger partial charge >= 0.3 is 0 Å². The molecular weight excluding hydrogens is 264 g/mol. The highest BCUT2D eigenvalue weighted by Gasteiger charge is 2.30. The fourth-order valence-electron chi connectivity index (χ4n) is 2.99. The lowest BCUT2D eigenvalue weighted by atomic mass is 10.1. The van der Waals surface area contributed by atoms with Crippen molar-refractivity contribution in [3.8, 4) is 0 Å². The average Bonchev–Trinajstić information content (AvgIpc) is 2.91. The molecule has 1 amide bonds. The van der Waals surface area contributed by atoms with Crippen LogP contribution in [0.1, 0.15) is 28.6 Å². The second kappa shape index (κ2) is 5.33. The van der Waals surface area contributed by atoms with Crippen molar-refractivity contribution in [2.45, 2.75) is 38.9 Å². The summed E-state index contributed by atoms with van der Waals surface area (Å²) in [5.74, 6) is -0.0468. The number of carbonyl (C=O) groups is 1. The molecule has 0 radical (unpaired) electrons. The predicted octanol–water partition coefficient (Wildman–Crippen LogP) is 1.24. The third-order valence-corrected chi connectivity index (χ3v) is 4.03. The van der Waals surface area contributed by atoms with Crippen LogP contribution >= 0.6 is 0 Å². The van der Waals surface area contributed by atoms with Crippen molar-refractivity contribution in [3.63, 3.8) is 0 Å². The Hall–Kier alpha value is -2.14. The molecule has 5 nitrogen and oxygen atoms in total. The van der Waals surface area contributed by atoms with Crippen LogP contribution in [0.25, 0.3) is 0 Å². The van der Waals surface area contributed by atoms with Gasteiger partial charge in [0.15, 0.2) is 0 Å². The van der Waals surface area contributed by atoms with Gasteiger partial charge in [-0.15, -0.1) is 0 Å². The second-order valence-electron chi connectivity index (χ2n) is 5.69. The lowest BCUT2D eigenvalue weighted by molar-refractivity contribution is -0.122. The van der Waals surface area contributed by atoms with Crippen molar-refractivity contribution in [3.05, 3.63) is 52.8 Å². The third kappa shape index (κ3) is 2.69. The molecule has 3 N–H and O–H groups in total. The van der Waals surface area contributed by atoms with Gasteiger partial charge in [0.1, 0.15) is 6.54 Å². The van der Waals surface area contributed by atoms with Gasteiger partial charge in [0, 0.05) is 5.69 Å². The van der Waals surface area contributed by atoms with Crippen LogP contribution in [0.5, 0.6) is 0 Å². The Balaban J connectivity index is 1.65. The Morgan fingerprint density at radius 2 is 2.19 bits per heavy atom. The summed E-state index contributed by atoms with van der Waals surface area (Å²) in [6, 6.07) is 9.89. The summed E-state index contributed by atoms with van der Waals surface area (Å²) in [5.41, 5.74) is 10.5.